The highest BCUT2D eigenvalue weighted by molar-refractivity contribution is 6.03. The third-order valence-corrected chi connectivity index (χ3v) is 1.26. The maximum absolute atomic E-state index is 11.0. The van der Waals surface area contributed by atoms with Crippen LogP contribution in [-0.4, -0.2) is 21.7 Å². The second-order valence-corrected chi connectivity index (χ2v) is 2.52. The molecule has 0 fully saturated rings. The van der Waals surface area contributed by atoms with Gasteiger partial charge in [0.1, 0.15) is 17.9 Å². The lowest BCUT2D eigenvalue weighted by Gasteiger charge is -2.00. The molecule has 0 saturated carbocycles. The largest absolute Gasteiger partial charge is 0.310 e. The van der Waals surface area contributed by atoms with Crippen LogP contribution in [-0.2, 0) is 9.59 Å². The Balaban J connectivity index is 2.50. The van der Waals surface area contributed by atoms with Crippen LogP contribution in [0.5, 0.6) is 0 Å². The molecule has 0 aromatic carbocycles. The maximum Gasteiger partial charge on any atom is 0.232 e. The topological polar surface area (TPSA) is 72.0 Å². The molecule has 0 saturated heterocycles. The van der Waals surface area contributed by atoms with Crippen molar-refractivity contribution in [3.63, 3.8) is 0 Å². The van der Waals surface area contributed by atoms with Crippen molar-refractivity contribution in [2.24, 2.45) is 0 Å². The Morgan fingerprint density at radius 1 is 1.54 bits per heavy atom. The fourth-order valence-corrected chi connectivity index (χ4v) is 0.778. The number of ketones is 1. The first-order valence-corrected chi connectivity index (χ1v) is 3.74. The van der Waals surface area contributed by atoms with Crippen molar-refractivity contribution in [1.82, 2.24) is 9.97 Å². The number of carbonyl (C=O) groups excluding carboxylic acids is 2. The van der Waals surface area contributed by atoms with Gasteiger partial charge in [-0.1, -0.05) is 0 Å². The van der Waals surface area contributed by atoms with Gasteiger partial charge >= 0.3 is 0 Å². The molecule has 13 heavy (non-hydrogen) atoms. The molecule has 1 aromatic rings. The third-order valence-electron chi connectivity index (χ3n) is 1.26. The predicted molar refractivity (Wildman–Crippen MR) is 46.0 cm³/mol. The van der Waals surface area contributed by atoms with Gasteiger partial charge in [-0.25, -0.2) is 9.97 Å². The minimum absolute atomic E-state index is 0.121. The fraction of sp³-hybridized carbons (Fsp3) is 0.250. The number of nitrogens with zero attached hydrogens (tertiary/aromatic N) is 2. The van der Waals surface area contributed by atoms with Gasteiger partial charge in [0.15, 0.2) is 0 Å². The highest BCUT2D eigenvalue weighted by atomic mass is 16.2. The number of Topliss-reactive ketones (excluding diaryl/α,β-unsaturated/α-hetero) is 1. The van der Waals surface area contributed by atoms with E-state index >= 15 is 0 Å². The van der Waals surface area contributed by atoms with Crippen molar-refractivity contribution >= 4 is 17.5 Å². The number of amides is 1. The number of nitrogens with one attached hydrogen (secondary N) is 1. The second kappa shape index (κ2) is 4.30. The lowest BCUT2D eigenvalue weighted by atomic mass is 10.3. The van der Waals surface area contributed by atoms with Gasteiger partial charge in [-0.2, -0.15) is 0 Å². The summed E-state index contributed by atoms with van der Waals surface area (Å²) in [4.78, 5) is 29.0. The molecule has 1 N–H and O–H groups in total. The second-order valence-electron chi connectivity index (χ2n) is 2.52. The predicted octanol–water partition coefficient (Wildman–Crippen LogP) is 0.394. The molecule has 0 aliphatic heterocycles. The molecule has 5 nitrogen and oxygen atoms in total. The van der Waals surface area contributed by atoms with Crippen molar-refractivity contribution in [3.05, 3.63) is 18.6 Å². The van der Waals surface area contributed by atoms with Gasteiger partial charge in [0.05, 0.1) is 6.42 Å². The normalized spacial score (nSPS) is 9.31. The number of carbonyl (C=O) groups is 2. The minimum Gasteiger partial charge on any atom is -0.310 e. The van der Waals surface area contributed by atoms with E-state index in [1.165, 1.54) is 19.4 Å². The minimum atomic E-state index is -0.355. The molecule has 0 unspecified atom stereocenters. The Morgan fingerprint density at radius 2 is 2.31 bits per heavy atom. The zero-order chi connectivity index (χ0) is 9.68. The van der Waals surface area contributed by atoms with E-state index < -0.39 is 0 Å². The summed E-state index contributed by atoms with van der Waals surface area (Å²) in [6.07, 6.45) is 2.71. The summed E-state index contributed by atoms with van der Waals surface area (Å²) in [7, 11) is 0. The summed E-state index contributed by atoms with van der Waals surface area (Å²) in [5.41, 5.74) is 0. The molecule has 1 rings (SSSR count). The van der Waals surface area contributed by atoms with Crippen LogP contribution in [0, 0.1) is 0 Å². The molecule has 1 aromatic heterocycles. The lowest BCUT2D eigenvalue weighted by molar-refractivity contribution is -0.124. The molecule has 1 amide bonds. The lowest BCUT2D eigenvalue weighted by Crippen LogP contribution is -2.15. The Labute approximate surface area is 75.2 Å². The molecular weight excluding hydrogens is 170 g/mol. The number of hydrogen-bond donors (Lipinski definition) is 1. The monoisotopic (exact) mass is 179 g/mol. The van der Waals surface area contributed by atoms with E-state index in [2.05, 4.69) is 15.3 Å². The molecule has 0 radical (unpaired) electrons. The van der Waals surface area contributed by atoms with E-state index in [9.17, 15) is 9.59 Å². The molecule has 68 valence electrons. The van der Waals surface area contributed by atoms with Gasteiger partial charge in [-0.15, -0.1) is 0 Å². The summed E-state index contributed by atoms with van der Waals surface area (Å²) >= 11 is 0. The van der Waals surface area contributed by atoms with Crippen LogP contribution < -0.4 is 5.32 Å². The molecule has 0 atom stereocenters. The Morgan fingerprint density at radius 3 is 2.85 bits per heavy atom. The number of anilines is 1. The summed E-state index contributed by atoms with van der Waals surface area (Å²) in [5, 5.41) is 2.46. The molecule has 5 heteroatoms. The zero-order valence-electron chi connectivity index (χ0n) is 7.15. The van der Waals surface area contributed by atoms with Crippen molar-refractivity contribution in [3.8, 4) is 0 Å². The first kappa shape index (κ1) is 9.31. The third kappa shape index (κ3) is 3.42. The van der Waals surface area contributed by atoms with Crippen LogP contribution in [0.25, 0.3) is 0 Å². The smallest absolute Gasteiger partial charge is 0.232 e. The van der Waals surface area contributed by atoms with E-state index in [-0.39, 0.29) is 18.1 Å². The number of hydrogen-bond acceptors (Lipinski definition) is 4. The Kier molecular flexibility index (Phi) is 3.08. The van der Waals surface area contributed by atoms with Gasteiger partial charge in [0, 0.05) is 6.20 Å². The summed E-state index contributed by atoms with van der Waals surface area (Å²) in [5.74, 6) is -0.126. The van der Waals surface area contributed by atoms with E-state index in [1.807, 2.05) is 0 Å². The SMILES string of the molecule is CC(=O)CC(=O)Nc1ccncn1. The summed E-state index contributed by atoms with van der Waals surface area (Å²) in [6.45, 7) is 1.36. The van der Waals surface area contributed by atoms with Crippen LogP contribution in [0.2, 0.25) is 0 Å². The molecular formula is C8H9N3O2. The van der Waals surface area contributed by atoms with Crippen LogP contribution in [0.4, 0.5) is 5.82 Å². The molecule has 0 spiro atoms. The van der Waals surface area contributed by atoms with Crippen LogP contribution in [0.1, 0.15) is 13.3 Å². The van der Waals surface area contributed by atoms with Crippen LogP contribution >= 0.6 is 0 Å². The average Bonchev–Trinajstić information content (AvgIpc) is 2.04. The quantitative estimate of drug-likeness (QED) is 0.681. The summed E-state index contributed by atoms with van der Waals surface area (Å²) in [6, 6.07) is 1.55. The first-order valence-electron chi connectivity index (χ1n) is 3.74. The van der Waals surface area contributed by atoms with Crippen molar-refractivity contribution in [1.29, 1.82) is 0 Å². The Hall–Kier alpha value is -1.78. The van der Waals surface area contributed by atoms with Gasteiger partial charge in [0.25, 0.3) is 0 Å². The van der Waals surface area contributed by atoms with E-state index in [0.29, 0.717) is 5.82 Å². The Bertz CT molecular complexity index is 310. The van der Waals surface area contributed by atoms with Gasteiger partial charge in [-0.3, -0.25) is 9.59 Å². The highest BCUT2D eigenvalue weighted by Gasteiger charge is 2.04. The fourth-order valence-electron chi connectivity index (χ4n) is 0.778. The van der Waals surface area contributed by atoms with Gasteiger partial charge in [-0.05, 0) is 13.0 Å². The zero-order valence-corrected chi connectivity index (χ0v) is 7.15. The molecule has 0 aliphatic rings. The maximum atomic E-state index is 11.0. The van der Waals surface area contributed by atoms with Crippen molar-refractivity contribution in [2.45, 2.75) is 13.3 Å². The van der Waals surface area contributed by atoms with E-state index in [4.69, 9.17) is 0 Å². The number of rotatable bonds is 3. The van der Waals surface area contributed by atoms with Crippen LogP contribution in [0.15, 0.2) is 18.6 Å². The highest BCUT2D eigenvalue weighted by Crippen LogP contribution is 1.98. The van der Waals surface area contributed by atoms with E-state index in [1.54, 1.807) is 6.07 Å². The van der Waals surface area contributed by atoms with Gasteiger partial charge < -0.3 is 5.32 Å². The summed E-state index contributed by atoms with van der Waals surface area (Å²) < 4.78 is 0. The average molecular weight is 179 g/mol. The van der Waals surface area contributed by atoms with Gasteiger partial charge in [0.2, 0.25) is 5.91 Å². The number of aromatic nitrogens is 2. The first-order chi connectivity index (χ1) is 6.18. The van der Waals surface area contributed by atoms with E-state index in [0.717, 1.165) is 0 Å². The van der Waals surface area contributed by atoms with Crippen molar-refractivity contribution < 1.29 is 9.59 Å². The van der Waals surface area contributed by atoms with Crippen LogP contribution in [0.3, 0.4) is 0 Å². The van der Waals surface area contributed by atoms with Crippen molar-refractivity contribution in [2.75, 3.05) is 5.32 Å². The molecule has 0 aliphatic carbocycles. The standard InChI is InChI=1S/C8H9N3O2/c1-6(12)4-8(13)11-7-2-3-9-5-10-7/h2-3,5H,4H2,1H3,(H,9,10,11,13). The molecule has 0 bridgehead atoms. The molecule has 1 heterocycles.